The van der Waals surface area contributed by atoms with E-state index in [2.05, 4.69) is 0 Å². The minimum absolute atomic E-state index is 0.132. The first-order chi connectivity index (χ1) is 8.38. The number of imide groups is 1. The average Bonchev–Trinajstić information content (AvgIpc) is 2.56. The molecule has 18 heavy (non-hydrogen) atoms. The quantitative estimate of drug-likeness (QED) is 0.817. The van der Waals surface area contributed by atoms with E-state index in [0.717, 1.165) is 5.56 Å². The van der Waals surface area contributed by atoms with Crippen molar-refractivity contribution in [2.24, 2.45) is 5.73 Å². The van der Waals surface area contributed by atoms with Gasteiger partial charge in [-0.2, -0.15) is 0 Å². The summed E-state index contributed by atoms with van der Waals surface area (Å²) in [4.78, 5) is 25.4. The van der Waals surface area contributed by atoms with Gasteiger partial charge >= 0.3 is 0 Å². The Bertz CT molecular complexity index is 462. The van der Waals surface area contributed by atoms with E-state index in [9.17, 15) is 9.59 Å². The largest absolute Gasteiger partial charge is 0.324 e. The van der Waals surface area contributed by atoms with E-state index in [1.807, 2.05) is 44.2 Å². The number of hydrogen-bond acceptors (Lipinski definition) is 3. The smallest absolute Gasteiger partial charge is 0.237 e. The van der Waals surface area contributed by atoms with Gasteiger partial charge in [-0.25, -0.2) is 0 Å². The van der Waals surface area contributed by atoms with Gasteiger partial charge in [0.1, 0.15) is 0 Å². The average molecular weight is 246 g/mol. The molecule has 0 aliphatic carbocycles. The Hall–Kier alpha value is -1.68. The summed E-state index contributed by atoms with van der Waals surface area (Å²) in [5.74, 6) is -0.613. The fraction of sp³-hybridized carbons (Fsp3) is 0.429. The third-order valence-corrected chi connectivity index (χ3v) is 3.01. The lowest BCUT2D eigenvalue weighted by molar-refractivity contribution is -0.139. The SMILES string of the molecule is CC(C)(N)CN1C(=O)CC(c2ccccc2)C1=O. The van der Waals surface area contributed by atoms with Crippen molar-refractivity contribution in [2.45, 2.75) is 31.7 Å². The molecule has 1 saturated heterocycles. The lowest BCUT2D eigenvalue weighted by atomic mass is 9.98. The van der Waals surface area contributed by atoms with Crippen molar-refractivity contribution < 1.29 is 9.59 Å². The highest BCUT2D eigenvalue weighted by molar-refractivity contribution is 6.06. The summed E-state index contributed by atoms with van der Waals surface area (Å²) in [6, 6.07) is 9.41. The molecule has 4 heteroatoms. The first-order valence-electron chi connectivity index (χ1n) is 6.06. The van der Waals surface area contributed by atoms with Gasteiger partial charge in [-0.3, -0.25) is 14.5 Å². The van der Waals surface area contributed by atoms with E-state index >= 15 is 0 Å². The zero-order valence-electron chi connectivity index (χ0n) is 10.7. The maximum Gasteiger partial charge on any atom is 0.237 e. The van der Waals surface area contributed by atoms with Crippen LogP contribution in [0.1, 0.15) is 31.7 Å². The summed E-state index contributed by atoms with van der Waals surface area (Å²) in [5.41, 5.74) is 6.22. The summed E-state index contributed by atoms with van der Waals surface area (Å²) in [5, 5.41) is 0. The van der Waals surface area contributed by atoms with E-state index < -0.39 is 5.54 Å². The zero-order chi connectivity index (χ0) is 13.3. The Labute approximate surface area is 107 Å². The van der Waals surface area contributed by atoms with Crippen molar-refractivity contribution in [1.29, 1.82) is 0 Å². The molecule has 4 nitrogen and oxygen atoms in total. The molecular weight excluding hydrogens is 228 g/mol. The third-order valence-electron chi connectivity index (χ3n) is 3.01. The number of carbonyl (C=O) groups excluding carboxylic acids is 2. The van der Waals surface area contributed by atoms with E-state index in [0.29, 0.717) is 0 Å². The van der Waals surface area contributed by atoms with Gasteiger partial charge in [-0.05, 0) is 19.4 Å². The second-order valence-corrected chi connectivity index (χ2v) is 5.47. The molecule has 2 rings (SSSR count). The van der Waals surface area contributed by atoms with Crippen molar-refractivity contribution in [3.63, 3.8) is 0 Å². The molecular formula is C14H18N2O2. The second-order valence-electron chi connectivity index (χ2n) is 5.47. The molecule has 0 radical (unpaired) electrons. The molecule has 0 spiro atoms. The second kappa shape index (κ2) is 4.53. The lowest BCUT2D eigenvalue weighted by Crippen LogP contribution is -2.47. The van der Waals surface area contributed by atoms with Gasteiger partial charge in [0.05, 0.1) is 5.92 Å². The summed E-state index contributed by atoms with van der Waals surface area (Å²) in [6.45, 7) is 3.89. The number of likely N-dealkylation sites (tertiary alicyclic amines) is 1. The fourth-order valence-electron chi connectivity index (χ4n) is 2.20. The summed E-state index contributed by atoms with van der Waals surface area (Å²) < 4.78 is 0. The first-order valence-corrected chi connectivity index (χ1v) is 6.06. The van der Waals surface area contributed by atoms with E-state index in [1.165, 1.54) is 4.90 Å². The van der Waals surface area contributed by atoms with Crippen LogP contribution in [-0.2, 0) is 9.59 Å². The van der Waals surface area contributed by atoms with Crippen LogP contribution in [0, 0.1) is 0 Å². The van der Waals surface area contributed by atoms with Crippen LogP contribution in [0.25, 0.3) is 0 Å². The maximum atomic E-state index is 12.2. The topological polar surface area (TPSA) is 63.4 Å². The molecule has 1 aliphatic heterocycles. The highest BCUT2D eigenvalue weighted by Gasteiger charge is 2.40. The van der Waals surface area contributed by atoms with Crippen LogP contribution < -0.4 is 5.73 Å². The van der Waals surface area contributed by atoms with E-state index in [1.54, 1.807) is 0 Å². The minimum atomic E-state index is -0.559. The zero-order valence-corrected chi connectivity index (χ0v) is 10.7. The Morgan fingerprint density at radius 1 is 1.28 bits per heavy atom. The Kier molecular flexibility index (Phi) is 3.22. The van der Waals surface area contributed by atoms with Crippen molar-refractivity contribution in [3.05, 3.63) is 35.9 Å². The highest BCUT2D eigenvalue weighted by Crippen LogP contribution is 2.29. The molecule has 1 aliphatic rings. The van der Waals surface area contributed by atoms with Gasteiger partial charge < -0.3 is 5.73 Å². The van der Waals surface area contributed by atoms with Crippen LogP contribution in [0.15, 0.2) is 30.3 Å². The van der Waals surface area contributed by atoms with Crippen LogP contribution in [0.3, 0.4) is 0 Å². The van der Waals surface area contributed by atoms with Crippen molar-refractivity contribution in [2.75, 3.05) is 6.54 Å². The molecule has 0 bridgehead atoms. The van der Waals surface area contributed by atoms with Gasteiger partial charge in [0.25, 0.3) is 0 Å². The van der Waals surface area contributed by atoms with Crippen LogP contribution >= 0.6 is 0 Å². The maximum absolute atomic E-state index is 12.2. The molecule has 1 atom stereocenters. The molecule has 1 fully saturated rings. The summed E-state index contributed by atoms with van der Waals surface area (Å²) in [6.07, 6.45) is 0.249. The van der Waals surface area contributed by atoms with Crippen molar-refractivity contribution in [1.82, 2.24) is 4.90 Å². The van der Waals surface area contributed by atoms with Gasteiger partial charge in [0.15, 0.2) is 0 Å². The molecule has 0 saturated carbocycles. The Morgan fingerprint density at radius 2 is 1.89 bits per heavy atom. The molecule has 1 unspecified atom stereocenters. The Balaban J connectivity index is 2.20. The third kappa shape index (κ3) is 2.59. The van der Waals surface area contributed by atoms with Crippen molar-refractivity contribution in [3.8, 4) is 0 Å². The predicted molar refractivity (Wildman–Crippen MR) is 68.8 cm³/mol. The molecule has 1 heterocycles. The lowest BCUT2D eigenvalue weighted by Gasteiger charge is -2.25. The molecule has 1 aromatic carbocycles. The standard InChI is InChI=1S/C14H18N2O2/c1-14(2,15)9-16-12(17)8-11(13(16)18)10-6-4-3-5-7-10/h3-7,11H,8-9,15H2,1-2H3. The normalized spacial score (nSPS) is 20.6. The molecule has 1 aromatic rings. The van der Waals surface area contributed by atoms with Crippen LogP contribution in [0.5, 0.6) is 0 Å². The van der Waals surface area contributed by atoms with Gasteiger partial charge in [0, 0.05) is 18.5 Å². The van der Waals surface area contributed by atoms with Crippen LogP contribution in [0.4, 0.5) is 0 Å². The summed E-state index contributed by atoms with van der Waals surface area (Å²) in [7, 11) is 0. The number of amides is 2. The number of nitrogens with zero attached hydrogens (tertiary/aromatic N) is 1. The fourth-order valence-corrected chi connectivity index (χ4v) is 2.20. The van der Waals surface area contributed by atoms with Gasteiger partial charge in [-0.1, -0.05) is 30.3 Å². The first kappa shape index (κ1) is 12.8. The van der Waals surface area contributed by atoms with Gasteiger partial charge in [0.2, 0.25) is 11.8 Å². The number of nitrogens with two attached hydrogens (primary N) is 1. The number of rotatable bonds is 3. The number of carbonyl (C=O) groups is 2. The molecule has 96 valence electrons. The number of benzene rings is 1. The van der Waals surface area contributed by atoms with Crippen LogP contribution in [-0.4, -0.2) is 28.8 Å². The Morgan fingerprint density at radius 3 is 2.44 bits per heavy atom. The van der Waals surface area contributed by atoms with Crippen molar-refractivity contribution >= 4 is 11.8 Å². The van der Waals surface area contributed by atoms with Gasteiger partial charge in [-0.15, -0.1) is 0 Å². The number of hydrogen-bond donors (Lipinski definition) is 1. The molecule has 2 N–H and O–H groups in total. The van der Waals surface area contributed by atoms with E-state index in [4.69, 9.17) is 5.73 Å². The van der Waals surface area contributed by atoms with Crippen LogP contribution in [0.2, 0.25) is 0 Å². The molecule has 0 aromatic heterocycles. The molecule has 2 amide bonds. The van der Waals surface area contributed by atoms with E-state index in [-0.39, 0.29) is 30.7 Å². The minimum Gasteiger partial charge on any atom is -0.324 e. The highest BCUT2D eigenvalue weighted by atomic mass is 16.2. The summed E-state index contributed by atoms with van der Waals surface area (Å²) >= 11 is 0. The monoisotopic (exact) mass is 246 g/mol. The predicted octanol–water partition coefficient (Wildman–Crippen LogP) is 1.27.